The molecular weight excluding hydrogens is 158 g/mol. The zero-order chi connectivity index (χ0) is 9.90. The van der Waals surface area contributed by atoms with Crippen molar-refractivity contribution in [3.8, 4) is 0 Å². The number of hydrogen-bond acceptors (Lipinski definition) is 1. The summed E-state index contributed by atoms with van der Waals surface area (Å²) in [6.45, 7) is 7.99. The number of benzene rings is 1. The Balaban J connectivity index is 2.91. The summed E-state index contributed by atoms with van der Waals surface area (Å²) in [4.78, 5) is 0. The SMILES string of the molecule is C=CC(C)(C)C(N)c1ccccc1. The van der Waals surface area contributed by atoms with Crippen LogP contribution in [0.2, 0.25) is 0 Å². The van der Waals surface area contributed by atoms with E-state index >= 15 is 0 Å². The standard InChI is InChI=1S/C12H17N/c1-4-12(2,3)11(13)10-8-6-5-7-9-10/h4-9,11H,1,13H2,2-3H3. The molecule has 70 valence electrons. The zero-order valence-electron chi connectivity index (χ0n) is 8.33. The molecule has 0 bridgehead atoms. The molecule has 2 N–H and O–H groups in total. The lowest BCUT2D eigenvalue weighted by atomic mass is 9.81. The molecule has 0 amide bonds. The van der Waals surface area contributed by atoms with Crippen LogP contribution >= 0.6 is 0 Å². The summed E-state index contributed by atoms with van der Waals surface area (Å²) in [6.07, 6.45) is 1.91. The van der Waals surface area contributed by atoms with E-state index in [0.717, 1.165) is 5.56 Å². The Morgan fingerprint density at radius 1 is 1.31 bits per heavy atom. The highest BCUT2D eigenvalue weighted by atomic mass is 14.7. The molecule has 0 aliphatic rings. The average Bonchev–Trinajstić information content (AvgIpc) is 2.18. The molecule has 1 atom stereocenters. The first-order valence-electron chi connectivity index (χ1n) is 4.52. The molecule has 0 aliphatic heterocycles. The maximum absolute atomic E-state index is 6.11. The monoisotopic (exact) mass is 175 g/mol. The Hall–Kier alpha value is -1.08. The van der Waals surface area contributed by atoms with Crippen LogP contribution in [-0.2, 0) is 0 Å². The van der Waals surface area contributed by atoms with Crippen molar-refractivity contribution in [2.75, 3.05) is 0 Å². The fourth-order valence-electron chi connectivity index (χ4n) is 1.22. The van der Waals surface area contributed by atoms with Crippen LogP contribution in [0.1, 0.15) is 25.5 Å². The van der Waals surface area contributed by atoms with E-state index < -0.39 is 0 Å². The lowest BCUT2D eigenvalue weighted by molar-refractivity contribution is 0.381. The summed E-state index contributed by atoms with van der Waals surface area (Å²) >= 11 is 0. The smallest absolute Gasteiger partial charge is 0.0381 e. The van der Waals surface area contributed by atoms with Crippen LogP contribution in [0.25, 0.3) is 0 Å². The third-order valence-electron chi connectivity index (χ3n) is 2.49. The normalized spacial score (nSPS) is 13.8. The van der Waals surface area contributed by atoms with Crippen molar-refractivity contribution in [2.45, 2.75) is 19.9 Å². The quantitative estimate of drug-likeness (QED) is 0.702. The molecule has 13 heavy (non-hydrogen) atoms. The Morgan fingerprint density at radius 3 is 2.31 bits per heavy atom. The highest BCUT2D eigenvalue weighted by Crippen LogP contribution is 2.31. The van der Waals surface area contributed by atoms with E-state index in [9.17, 15) is 0 Å². The minimum Gasteiger partial charge on any atom is -0.323 e. The highest BCUT2D eigenvalue weighted by Gasteiger charge is 2.23. The van der Waals surface area contributed by atoms with Gasteiger partial charge in [0.15, 0.2) is 0 Å². The summed E-state index contributed by atoms with van der Waals surface area (Å²) in [5.41, 5.74) is 7.22. The molecule has 0 aromatic heterocycles. The molecule has 0 saturated heterocycles. The molecule has 0 saturated carbocycles. The Morgan fingerprint density at radius 2 is 1.85 bits per heavy atom. The zero-order valence-corrected chi connectivity index (χ0v) is 8.33. The Bertz CT molecular complexity index is 274. The van der Waals surface area contributed by atoms with Crippen LogP contribution in [-0.4, -0.2) is 0 Å². The number of rotatable bonds is 3. The molecule has 0 aliphatic carbocycles. The Labute approximate surface area is 80.3 Å². The molecule has 0 fully saturated rings. The van der Waals surface area contributed by atoms with Gasteiger partial charge in [-0.25, -0.2) is 0 Å². The van der Waals surface area contributed by atoms with Gasteiger partial charge >= 0.3 is 0 Å². The summed E-state index contributed by atoms with van der Waals surface area (Å²) in [6, 6.07) is 10.1. The van der Waals surface area contributed by atoms with Crippen LogP contribution in [0.15, 0.2) is 43.0 Å². The molecule has 1 aromatic carbocycles. The van der Waals surface area contributed by atoms with Gasteiger partial charge in [0, 0.05) is 11.5 Å². The van der Waals surface area contributed by atoms with Crippen molar-refractivity contribution in [3.05, 3.63) is 48.6 Å². The molecule has 0 heterocycles. The molecule has 1 nitrogen and oxygen atoms in total. The van der Waals surface area contributed by atoms with Crippen LogP contribution in [0.4, 0.5) is 0 Å². The predicted octanol–water partition coefficient (Wildman–Crippen LogP) is 2.90. The van der Waals surface area contributed by atoms with Crippen molar-refractivity contribution in [1.82, 2.24) is 0 Å². The molecule has 0 radical (unpaired) electrons. The van der Waals surface area contributed by atoms with Gasteiger partial charge in [-0.2, -0.15) is 0 Å². The lowest BCUT2D eigenvalue weighted by Gasteiger charge is -2.28. The van der Waals surface area contributed by atoms with Gasteiger partial charge in [-0.15, -0.1) is 6.58 Å². The van der Waals surface area contributed by atoms with E-state index in [0.29, 0.717) is 0 Å². The van der Waals surface area contributed by atoms with Gasteiger partial charge in [0.25, 0.3) is 0 Å². The summed E-state index contributed by atoms with van der Waals surface area (Å²) in [5.74, 6) is 0. The fourth-order valence-corrected chi connectivity index (χ4v) is 1.22. The molecule has 0 spiro atoms. The van der Waals surface area contributed by atoms with Crippen LogP contribution in [0.5, 0.6) is 0 Å². The second kappa shape index (κ2) is 3.75. The summed E-state index contributed by atoms with van der Waals surface area (Å²) in [5, 5.41) is 0. The minimum atomic E-state index is -0.0542. The van der Waals surface area contributed by atoms with Crippen LogP contribution in [0, 0.1) is 5.41 Å². The van der Waals surface area contributed by atoms with Gasteiger partial charge in [0.2, 0.25) is 0 Å². The first-order valence-corrected chi connectivity index (χ1v) is 4.52. The number of nitrogens with two attached hydrogens (primary N) is 1. The van der Waals surface area contributed by atoms with Gasteiger partial charge < -0.3 is 5.73 Å². The van der Waals surface area contributed by atoms with Crippen molar-refractivity contribution < 1.29 is 0 Å². The van der Waals surface area contributed by atoms with Crippen molar-refractivity contribution in [2.24, 2.45) is 11.1 Å². The van der Waals surface area contributed by atoms with Gasteiger partial charge in [-0.05, 0) is 5.56 Å². The van der Waals surface area contributed by atoms with E-state index in [1.165, 1.54) is 0 Å². The summed E-state index contributed by atoms with van der Waals surface area (Å²) < 4.78 is 0. The van der Waals surface area contributed by atoms with Gasteiger partial charge in [0.1, 0.15) is 0 Å². The van der Waals surface area contributed by atoms with Gasteiger partial charge in [-0.3, -0.25) is 0 Å². The van der Waals surface area contributed by atoms with E-state index in [2.05, 4.69) is 32.6 Å². The van der Waals surface area contributed by atoms with Crippen molar-refractivity contribution >= 4 is 0 Å². The third-order valence-corrected chi connectivity index (χ3v) is 2.49. The molecule has 1 rings (SSSR count). The minimum absolute atomic E-state index is 0.0196. The van der Waals surface area contributed by atoms with E-state index in [-0.39, 0.29) is 11.5 Å². The second-order valence-corrected chi connectivity index (χ2v) is 3.91. The van der Waals surface area contributed by atoms with Crippen LogP contribution in [0.3, 0.4) is 0 Å². The molecule has 1 unspecified atom stereocenters. The lowest BCUT2D eigenvalue weighted by Crippen LogP contribution is -2.27. The molecular formula is C12H17N. The van der Waals surface area contributed by atoms with Crippen LogP contribution < -0.4 is 5.73 Å². The van der Waals surface area contributed by atoms with Gasteiger partial charge in [0.05, 0.1) is 0 Å². The Kier molecular flexibility index (Phi) is 2.89. The van der Waals surface area contributed by atoms with E-state index in [4.69, 9.17) is 5.73 Å². The summed E-state index contributed by atoms with van der Waals surface area (Å²) in [7, 11) is 0. The maximum atomic E-state index is 6.11. The maximum Gasteiger partial charge on any atom is 0.0381 e. The molecule has 1 heteroatoms. The van der Waals surface area contributed by atoms with Gasteiger partial charge in [-0.1, -0.05) is 50.3 Å². The highest BCUT2D eigenvalue weighted by molar-refractivity contribution is 5.22. The first-order chi connectivity index (χ1) is 6.08. The van der Waals surface area contributed by atoms with E-state index in [1.807, 2.05) is 24.3 Å². The topological polar surface area (TPSA) is 26.0 Å². The predicted molar refractivity (Wildman–Crippen MR) is 57.3 cm³/mol. The second-order valence-electron chi connectivity index (χ2n) is 3.91. The first kappa shape index (κ1) is 10.0. The largest absolute Gasteiger partial charge is 0.323 e. The third kappa shape index (κ3) is 2.19. The molecule has 1 aromatic rings. The van der Waals surface area contributed by atoms with E-state index in [1.54, 1.807) is 0 Å². The van der Waals surface area contributed by atoms with Crippen molar-refractivity contribution in [3.63, 3.8) is 0 Å². The average molecular weight is 175 g/mol. The van der Waals surface area contributed by atoms with Crippen molar-refractivity contribution in [1.29, 1.82) is 0 Å². The fraction of sp³-hybridized carbons (Fsp3) is 0.333. The number of hydrogen-bond donors (Lipinski definition) is 1.